The van der Waals surface area contributed by atoms with E-state index in [-0.39, 0.29) is 11.8 Å². The number of anilines is 2. The van der Waals surface area contributed by atoms with E-state index in [1.165, 1.54) is 14.2 Å². The standard InChI is InChI=1S/C38H38N6O7/c1-23(39-35(47)31(49-3)25-11-7-5-8-12-25)33(45)41-29-19-15-27(16-20-29)37-43-44-38(51-37)28-17-21-30(22-18-28)42-34(46)24(2)40-36(48)32(50-4)26-13-9-6-10-14-26/h5-24,31-32H,1-4H3,(H,39,47)(H,40,48)(H,41,45)(H,42,46)/t23-,24?,31-,32?/m0/s1. The van der Waals surface area contributed by atoms with Gasteiger partial charge in [0.25, 0.3) is 11.8 Å². The molecule has 0 spiro atoms. The van der Waals surface area contributed by atoms with Gasteiger partial charge in [-0.05, 0) is 73.5 Å². The lowest BCUT2D eigenvalue weighted by molar-refractivity contribution is -0.134. The van der Waals surface area contributed by atoms with E-state index in [1.807, 2.05) is 36.4 Å². The number of aromatic nitrogens is 2. The molecule has 1 heterocycles. The van der Waals surface area contributed by atoms with Crippen LogP contribution in [0.1, 0.15) is 37.2 Å². The first-order chi connectivity index (χ1) is 24.7. The van der Waals surface area contributed by atoms with Crippen LogP contribution in [0.25, 0.3) is 22.9 Å². The Morgan fingerprint density at radius 2 is 0.882 bits per heavy atom. The number of amides is 4. The molecule has 1 aromatic heterocycles. The van der Waals surface area contributed by atoms with Crippen molar-refractivity contribution >= 4 is 35.0 Å². The van der Waals surface area contributed by atoms with Gasteiger partial charge in [0, 0.05) is 36.7 Å². The lowest BCUT2D eigenvalue weighted by Gasteiger charge is -2.19. The molecule has 4 aromatic carbocycles. The summed E-state index contributed by atoms with van der Waals surface area (Å²) in [7, 11) is 2.87. The minimum atomic E-state index is -0.844. The van der Waals surface area contributed by atoms with E-state index in [9.17, 15) is 19.2 Å². The van der Waals surface area contributed by atoms with Crippen molar-refractivity contribution < 1.29 is 33.1 Å². The van der Waals surface area contributed by atoms with Crippen LogP contribution in [0.5, 0.6) is 0 Å². The Morgan fingerprint density at radius 3 is 1.22 bits per heavy atom. The van der Waals surface area contributed by atoms with Crippen LogP contribution in [0.4, 0.5) is 11.4 Å². The number of benzene rings is 4. The smallest absolute Gasteiger partial charge is 0.254 e. The molecule has 0 fully saturated rings. The number of methoxy groups -OCH3 is 2. The second-order valence-electron chi connectivity index (χ2n) is 11.6. The third-order valence-corrected chi connectivity index (χ3v) is 7.88. The number of nitrogens with one attached hydrogen (secondary N) is 4. The SMILES string of the molecule is COC(C(=O)NC(C)C(=O)Nc1ccc(-c2nnc(-c3ccc(NC(=O)[C@H](C)NC(=O)[C@@H](OC)c4ccccc4)cc3)o2)cc1)c1ccccc1. The highest BCUT2D eigenvalue weighted by Gasteiger charge is 2.25. The minimum Gasteiger partial charge on any atom is -0.416 e. The van der Waals surface area contributed by atoms with Crippen molar-refractivity contribution in [3.63, 3.8) is 0 Å². The first-order valence-electron chi connectivity index (χ1n) is 16.1. The molecular weight excluding hydrogens is 652 g/mol. The van der Waals surface area contributed by atoms with Crippen molar-refractivity contribution in [1.82, 2.24) is 20.8 Å². The zero-order valence-corrected chi connectivity index (χ0v) is 28.5. The van der Waals surface area contributed by atoms with Gasteiger partial charge >= 0.3 is 0 Å². The lowest BCUT2D eigenvalue weighted by atomic mass is 10.1. The van der Waals surface area contributed by atoms with Gasteiger partial charge in [0.1, 0.15) is 12.1 Å². The summed E-state index contributed by atoms with van der Waals surface area (Å²) in [5.41, 5.74) is 3.64. The Hall–Kier alpha value is -6.18. The highest BCUT2D eigenvalue weighted by molar-refractivity contribution is 5.98. The molecule has 5 aromatic rings. The summed E-state index contributed by atoms with van der Waals surface area (Å²) in [5.74, 6) is -1.13. The maximum absolute atomic E-state index is 12.8. The topological polar surface area (TPSA) is 174 Å². The van der Waals surface area contributed by atoms with Gasteiger partial charge in [-0.25, -0.2) is 0 Å². The highest BCUT2D eigenvalue weighted by Crippen LogP contribution is 2.26. The Labute approximate surface area is 294 Å². The summed E-state index contributed by atoms with van der Waals surface area (Å²) in [6.45, 7) is 3.18. The monoisotopic (exact) mass is 690 g/mol. The van der Waals surface area contributed by atoms with Crippen molar-refractivity contribution in [3.05, 3.63) is 120 Å². The molecular formula is C38H38N6O7. The molecule has 13 heteroatoms. The van der Waals surface area contributed by atoms with Gasteiger partial charge in [-0.1, -0.05) is 60.7 Å². The second-order valence-corrected chi connectivity index (χ2v) is 11.6. The van der Waals surface area contributed by atoms with Crippen LogP contribution in [-0.4, -0.2) is 60.1 Å². The van der Waals surface area contributed by atoms with Crippen molar-refractivity contribution in [2.45, 2.75) is 38.1 Å². The van der Waals surface area contributed by atoms with E-state index in [0.717, 1.165) is 0 Å². The maximum Gasteiger partial charge on any atom is 0.254 e. The quantitative estimate of drug-likeness (QED) is 0.124. The van der Waals surface area contributed by atoms with Crippen LogP contribution in [0.3, 0.4) is 0 Å². The molecule has 0 saturated carbocycles. The molecule has 0 bridgehead atoms. The molecule has 4 atom stereocenters. The summed E-state index contributed by atoms with van der Waals surface area (Å²) in [4.78, 5) is 51.1. The molecule has 0 aliphatic rings. The molecule has 4 amide bonds. The fraction of sp³-hybridized carbons (Fsp3) is 0.211. The molecule has 5 rings (SSSR count). The van der Waals surface area contributed by atoms with Crippen LogP contribution in [0.15, 0.2) is 114 Å². The number of carbonyl (C=O) groups excluding carboxylic acids is 4. The second kappa shape index (κ2) is 17.0. The third kappa shape index (κ3) is 9.29. The predicted molar refractivity (Wildman–Crippen MR) is 190 cm³/mol. The van der Waals surface area contributed by atoms with E-state index >= 15 is 0 Å². The Balaban J connectivity index is 1.12. The maximum atomic E-state index is 12.8. The van der Waals surface area contributed by atoms with E-state index in [1.54, 1.807) is 86.6 Å². The summed E-state index contributed by atoms with van der Waals surface area (Å²) in [5, 5.41) is 19.2. The number of ether oxygens (including phenoxy) is 2. The largest absolute Gasteiger partial charge is 0.416 e. The normalized spacial score (nSPS) is 13.3. The molecule has 13 nitrogen and oxygen atoms in total. The number of rotatable bonds is 14. The Bertz CT molecular complexity index is 1790. The fourth-order valence-electron chi connectivity index (χ4n) is 5.10. The third-order valence-electron chi connectivity index (χ3n) is 7.88. The number of hydrogen-bond donors (Lipinski definition) is 4. The highest BCUT2D eigenvalue weighted by atomic mass is 16.5. The average Bonchev–Trinajstić information content (AvgIpc) is 3.64. The minimum absolute atomic E-state index is 0.266. The number of hydrogen-bond acceptors (Lipinski definition) is 9. The summed E-state index contributed by atoms with van der Waals surface area (Å²) in [6, 6.07) is 30.0. The lowest BCUT2D eigenvalue weighted by Crippen LogP contribution is -2.44. The van der Waals surface area contributed by atoms with E-state index < -0.39 is 47.9 Å². The van der Waals surface area contributed by atoms with E-state index in [0.29, 0.717) is 33.6 Å². The van der Waals surface area contributed by atoms with Gasteiger partial charge < -0.3 is 35.2 Å². The number of nitrogens with zero attached hydrogens (tertiary/aromatic N) is 2. The van der Waals surface area contributed by atoms with Crippen LogP contribution in [0, 0.1) is 0 Å². The molecule has 4 N–H and O–H groups in total. The predicted octanol–water partition coefficient (Wildman–Crippen LogP) is 5.07. The molecule has 0 aliphatic heterocycles. The van der Waals surface area contributed by atoms with Gasteiger partial charge in [0.15, 0.2) is 12.2 Å². The van der Waals surface area contributed by atoms with Crippen molar-refractivity contribution in [2.24, 2.45) is 0 Å². The van der Waals surface area contributed by atoms with E-state index in [4.69, 9.17) is 13.9 Å². The molecule has 51 heavy (non-hydrogen) atoms. The van der Waals surface area contributed by atoms with Crippen LogP contribution in [-0.2, 0) is 28.7 Å². The van der Waals surface area contributed by atoms with Gasteiger partial charge in [-0.2, -0.15) is 0 Å². The Morgan fingerprint density at radius 1 is 0.529 bits per heavy atom. The molecule has 0 aliphatic carbocycles. The summed E-state index contributed by atoms with van der Waals surface area (Å²) < 4.78 is 16.6. The van der Waals surface area contributed by atoms with Crippen LogP contribution < -0.4 is 21.3 Å². The molecule has 0 radical (unpaired) electrons. The van der Waals surface area contributed by atoms with Gasteiger partial charge in [-0.15, -0.1) is 10.2 Å². The van der Waals surface area contributed by atoms with Crippen molar-refractivity contribution in [3.8, 4) is 22.9 Å². The first-order valence-corrected chi connectivity index (χ1v) is 16.1. The first kappa shape index (κ1) is 36.1. The zero-order chi connectivity index (χ0) is 36.3. The average molecular weight is 691 g/mol. The fourth-order valence-corrected chi connectivity index (χ4v) is 5.10. The number of carbonyl (C=O) groups is 4. The summed E-state index contributed by atoms with van der Waals surface area (Å²) >= 11 is 0. The van der Waals surface area contributed by atoms with Crippen LogP contribution in [0.2, 0.25) is 0 Å². The van der Waals surface area contributed by atoms with Crippen molar-refractivity contribution in [2.75, 3.05) is 24.9 Å². The van der Waals surface area contributed by atoms with E-state index in [2.05, 4.69) is 31.5 Å². The molecule has 0 saturated heterocycles. The zero-order valence-electron chi connectivity index (χ0n) is 28.5. The Kier molecular flexibility index (Phi) is 12.0. The van der Waals surface area contributed by atoms with Gasteiger partial charge in [0.2, 0.25) is 23.6 Å². The summed E-state index contributed by atoms with van der Waals surface area (Å²) in [6.07, 6.45) is -1.69. The van der Waals surface area contributed by atoms with Gasteiger partial charge in [-0.3, -0.25) is 19.2 Å². The van der Waals surface area contributed by atoms with Gasteiger partial charge in [0.05, 0.1) is 0 Å². The molecule has 2 unspecified atom stereocenters. The van der Waals surface area contributed by atoms with Crippen molar-refractivity contribution in [1.29, 1.82) is 0 Å². The molecule has 262 valence electrons. The van der Waals surface area contributed by atoms with Crippen LogP contribution >= 0.6 is 0 Å².